The molecule has 0 aliphatic rings. The summed E-state index contributed by atoms with van der Waals surface area (Å²) in [4.78, 5) is 14.0. The van der Waals surface area contributed by atoms with Gasteiger partial charge in [-0.25, -0.2) is 0 Å². The number of carbonyl (C=O) groups is 1. The molecule has 0 aromatic heterocycles. The Morgan fingerprint density at radius 2 is 2.06 bits per heavy atom. The minimum Gasteiger partial charge on any atom is -0.409 e. The number of oxime groups is 1. The molecule has 1 amide bonds. The van der Waals surface area contributed by atoms with Gasteiger partial charge in [0.15, 0.2) is 5.84 Å². The number of nitrogens with two attached hydrogens (primary N) is 1. The molecule has 1 aromatic carbocycles. The molecular formula is C13H19N3O2. The van der Waals surface area contributed by atoms with E-state index in [2.05, 4.69) is 5.16 Å². The van der Waals surface area contributed by atoms with Gasteiger partial charge >= 0.3 is 0 Å². The van der Waals surface area contributed by atoms with E-state index in [1.165, 1.54) is 0 Å². The maximum atomic E-state index is 12.2. The number of benzene rings is 1. The summed E-state index contributed by atoms with van der Waals surface area (Å²) in [5, 5.41) is 11.6. The molecule has 5 nitrogen and oxygen atoms in total. The zero-order valence-electron chi connectivity index (χ0n) is 10.8. The quantitative estimate of drug-likeness (QED) is 0.360. The number of carbonyl (C=O) groups excluding carboxylic acids is 1. The average Bonchev–Trinajstić information content (AvgIpc) is 2.43. The first-order valence-corrected chi connectivity index (χ1v) is 6.01. The maximum absolute atomic E-state index is 12.2. The van der Waals surface area contributed by atoms with Gasteiger partial charge in [-0.2, -0.15) is 0 Å². The van der Waals surface area contributed by atoms with Crippen molar-refractivity contribution in [2.75, 3.05) is 13.1 Å². The van der Waals surface area contributed by atoms with E-state index >= 15 is 0 Å². The molecule has 0 radical (unpaired) electrons. The molecule has 0 aliphatic carbocycles. The van der Waals surface area contributed by atoms with E-state index < -0.39 is 0 Å². The molecule has 0 aliphatic heterocycles. The fourth-order valence-electron chi connectivity index (χ4n) is 1.73. The smallest absolute Gasteiger partial charge is 0.253 e. The second-order valence-electron chi connectivity index (χ2n) is 3.95. The lowest BCUT2D eigenvalue weighted by Gasteiger charge is -2.20. The molecular weight excluding hydrogens is 230 g/mol. The van der Waals surface area contributed by atoms with Gasteiger partial charge in [0, 0.05) is 24.2 Å². The van der Waals surface area contributed by atoms with Gasteiger partial charge in [0.25, 0.3) is 5.91 Å². The Labute approximate surface area is 107 Å². The SMILES string of the molecule is CCCN(CC)C(=O)c1cccc(/C(N)=N/O)c1. The third kappa shape index (κ3) is 3.23. The monoisotopic (exact) mass is 249 g/mol. The second-order valence-corrected chi connectivity index (χ2v) is 3.95. The van der Waals surface area contributed by atoms with Crippen molar-refractivity contribution in [2.24, 2.45) is 10.9 Å². The van der Waals surface area contributed by atoms with Gasteiger partial charge in [-0.15, -0.1) is 0 Å². The van der Waals surface area contributed by atoms with E-state index in [-0.39, 0.29) is 11.7 Å². The van der Waals surface area contributed by atoms with E-state index in [1.807, 2.05) is 13.8 Å². The largest absolute Gasteiger partial charge is 0.409 e. The summed E-state index contributed by atoms with van der Waals surface area (Å²) in [6, 6.07) is 6.78. The zero-order valence-corrected chi connectivity index (χ0v) is 10.8. The van der Waals surface area contributed by atoms with Crippen molar-refractivity contribution < 1.29 is 10.0 Å². The van der Waals surface area contributed by atoms with Gasteiger partial charge in [-0.1, -0.05) is 24.2 Å². The lowest BCUT2D eigenvalue weighted by Crippen LogP contribution is -2.31. The van der Waals surface area contributed by atoms with Crippen LogP contribution in [0.15, 0.2) is 29.4 Å². The van der Waals surface area contributed by atoms with Gasteiger partial charge < -0.3 is 15.8 Å². The first-order chi connectivity index (χ1) is 8.63. The van der Waals surface area contributed by atoms with Crippen molar-refractivity contribution in [2.45, 2.75) is 20.3 Å². The minimum atomic E-state index is -0.0352. The highest BCUT2D eigenvalue weighted by molar-refractivity contribution is 6.01. The van der Waals surface area contributed by atoms with Crippen LogP contribution in [0.3, 0.4) is 0 Å². The second kappa shape index (κ2) is 6.64. The maximum Gasteiger partial charge on any atom is 0.253 e. The molecule has 0 unspecified atom stereocenters. The molecule has 1 rings (SSSR count). The molecule has 5 heteroatoms. The van der Waals surface area contributed by atoms with Crippen molar-refractivity contribution in [3.05, 3.63) is 35.4 Å². The van der Waals surface area contributed by atoms with Gasteiger partial charge in [0.2, 0.25) is 0 Å². The van der Waals surface area contributed by atoms with Crippen LogP contribution in [0.1, 0.15) is 36.2 Å². The number of nitrogens with zero attached hydrogens (tertiary/aromatic N) is 2. The summed E-state index contributed by atoms with van der Waals surface area (Å²) in [7, 11) is 0. The van der Waals surface area contributed by atoms with E-state index in [4.69, 9.17) is 10.9 Å². The Morgan fingerprint density at radius 1 is 1.39 bits per heavy atom. The Kier molecular flexibility index (Phi) is 5.17. The first-order valence-electron chi connectivity index (χ1n) is 6.01. The molecule has 98 valence electrons. The molecule has 0 saturated heterocycles. The van der Waals surface area contributed by atoms with Crippen LogP contribution in [0.4, 0.5) is 0 Å². The highest BCUT2D eigenvalue weighted by atomic mass is 16.4. The highest BCUT2D eigenvalue weighted by Gasteiger charge is 2.14. The number of amidine groups is 1. The van der Waals surface area contributed by atoms with Gasteiger partial charge in [0.05, 0.1) is 0 Å². The van der Waals surface area contributed by atoms with Gasteiger partial charge in [0.1, 0.15) is 0 Å². The Morgan fingerprint density at radius 3 is 2.61 bits per heavy atom. The van der Waals surface area contributed by atoms with E-state index in [9.17, 15) is 4.79 Å². The number of amides is 1. The van der Waals surface area contributed by atoms with Crippen molar-refractivity contribution in [3.8, 4) is 0 Å². The van der Waals surface area contributed by atoms with Gasteiger partial charge in [-0.05, 0) is 25.5 Å². The van der Waals surface area contributed by atoms with Crippen LogP contribution in [0, 0.1) is 0 Å². The summed E-state index contributed by atoms with van der Waals surface area (Å²) in [5.41, 5.74) is 6.59. The highest BCUT2D eigenvalue weighted by Crippen LogP contribution is 2.09. The lowest BCUT2D eigenvalue weighted by molar-refractivity contribution is 0.0764. The minimum absolute atomic E-state index is 0.00295. The molecule has 18 heavy (non-hydrogen) atoms. The van der Waals surface area contributed by atoms with Crippen LogP contribution in [-0.4, -0.2) is 34.9 Å². The summed E-state index contributed by atoms with van der Waals surface area (Å²) >= 11 is 0. The summed E-state index contributed by atoms with van der Waals surface area (Å²) < 4.78 is 0. The van der Waals surface area contributed by atoms with Crippen LogP contribution < -0.4 is 5.73 Å². The van der Waals surface area contributed by atoms with Gasteiger partial charge in [-0.3, -0.25) is 4.79 Å². The predicted octanol–water partition coefficient (Wildman–Crippen LogP) is 1.65. The normalized spacial score (nSPS) is 11.3. The molecule has 1 aromatic rings. The van der Waals surface area contributed by atoms with Crippen molar-refractivity contribution >= 4 is 11.7 Å². The molecule has 0 saturated carbocycles. The van der Waals surface area contributed by atoms with Crippen LogP contribution in [-0.2, 0) is 0 Å². The number of hydrogen-bond acceptors (Lipinski definition) is 3. The van der Waals surface area contributed by atoms with Crippen molar-refractivity contribution in [1.29, 1.82) is 0 Å². The summed E-state index contributed by atoms with van der Waals surface area (Å²) in [6.45, 7) is 5.37. The third-order valence-corrected chi connectivity index (χ3v) is 2.68. The van der Waals surface area contributed by atoms with E-state index in [1.54, 1.807) is 29.2 Å². The third-order valence-electron chi connectivity index (χ3n) is 2.68. The molecule has 3 N–H and O–H groups in total. The Bertz CT molecular complexity index is 444. The van der Waals surface area contributed by atoms with E-state index in [0.717, 1.165) is 13.0 Å². The first kappa shape index (κ1) is 14.0. The van der Waals surface area contributed by atoms with E-state index in [0.29, 0.717) is 17.7 Å². The van der Waals surface area contributed by atoms with Crippen LogP contribution >= 0.6 is 0 Å². The van der Waals surface area contributed by atoms with Crippen LogP contribution in [0.2, 0.25) is 0 Å². The van der Waals surface area contributed by atoms with Crippen LogP contribution in [0.25, 0.3) is 0 Å². The van der Waals surface area contributed by atoms with Crippen molar-refractivity contribution in [1.82, 2.24) is 4.90 Å². The lowest BCUT2D eigenvalue weighted by atomic mass is 10.1. The fourth-order valence-corrected chi connectivity index (χ4v) is 1.73. The summed E-state index contributed by atoms with van der Waals surface area (Å²) in [5.74, 6) is -0.0323. The average molecular weight is 249 g/mol. The van der Waals surface area contributed by atoms with Crippen molar-refractivity contribution in [3.63, 3.8) is 0 Å². The predicted molar refractivity (Wildman–Crippen MR) is 70.8 cm³/mol. The number of rotatable bonds is 5. The number of hydrogen-bond donors (Lipinski definition) is 2. The molecule has 0 fully saturated rings. The summed E-state index contributed by atoms with van der Waals surface area (Å²) in [6.07, 6.45) is 0.916. The Balaban J connectivity index is 2.99. The zero-order chi connectivity index (χ0) is 13.5. The fraction of sp³-hybridized carbons (Fsp3) is 0.385. The molecule has 0 bridgehead atoms. The molecule has 0 spiro atoms. The molecule has 0 heterocycles. The molecule has 0 atom stereocenters. The standard InChI is InChI=1S/C13H19N3O2/c1-3-8-16(4-2)13(17)11-7-5-6-10(9-11)12(14)15-18/h5-7,9,18H,3-4,8H2,1-2H3,(H2,14,15). The Hall–Kier alpha value is -2.04. The topological polar surface area (TPSA) is 78.9 Å². The van der Waals surface area contributed by atoms with Crippen LogP contribution in [0.5, 0.6) is 0 Å².